The molecule has 82 valence electrons. The minimum Gasteiger partial charge on any atom is -0.398 e. The predicted molar refractivity (Wildman–Crippen MR) is 67.5 cm³/mol. The van der Waals surface area contributed by atoms with E-state index < -0.39 is 0 Å². The van der Waals surface area contributed by atoms with E-state index in [1.54, 1.807) is 0 Å². The van der Waals surface area contributed by atoms with Gasteiger partial charge in [0.25, 0.3) is 5.56 Å². The van der Waals surface area contributed by atoms with Gasteiger partial charge in [0.05, 0.1) is 6.33 Å². The topological polar surface area (TPSA) is 71.8 Å². The highest BCUT2D eigenvalue weighted by atomic mass is 79.9. The van der Waals surface area contributed by atoms with E-state index in [1.165, 1.54) is 18.1 Å². The number of aromatic amines is 1. The summed E-state index contributed by atoms with van der Waals surface area (Å²) in [5, 5.41) is 0.599. The molecule has 0 fully saturated rings. The fraction of sp³-hybridized carbons (Fsp3) is 0. The quantitative estimate of drug-likeness (QED) is 0.659. The Morgan fingerprint density at radius 2 is 2.12 bits per heavy atom. The van der Waals surface area contributed by atoms with E-state index in [0.29, 0.717) is 15.2 Å². The van der Waals surface area contributed by atoms with Gasteiger partial charge in [-0.1, -0.05) is 23.9 Å². The number of para-hydroxylation sites is 1. The number of nitrogen functional groups attached to an aromatic ring is 1. The molecule has 0 aliphatic carbocycles. The zero-order chi connectivity index (χ0) is 11.5. The van der Waals surface area contributed by atoms with Crippen LogP contribution in [0, 0.1) is 0 Å². The molecule has 0 saturated heterocycles. The summed E-state index contributed by atoms with van der Waals surface area (Å²) < 4.78 is 0.420. The average Bonchev–Trinajstić information content (AvgIpc) is 2.28. The summed E-state index contributed by atoms with van der Waals surface area (Å²) in [5.41, 5.74) is 6.27. The van der Waals surface area contributed by atoms with Gasteiger partial charge in [0.15, 0.2) is 0 Å². The molecular weight excluding hydrogens is 290 g/mol. The molecule has 0 saturated carbocycles. The van der Waals surface area contributed by atoms with Gasteiger partial charge in [0, 0.05) is 10.6 Å². The van der Waals surface area contributed by atoms with Crippen LogP contribution in [0.15, 0.2) is 49.8 Å². The number of benzene rings is 1. The van der Waals surface area contributed by atoms with Crippen LogP contribution in [0.4, 0.5) is 5.69 Å². The van der Waals surface area contributed by atoms with Crippen molar-refractivity contribution in [2.24, 2.45) is 0 Å². The number of nitrogens with two attached hydrogens (primary N) is 1. The second-order valence-electron chi connectivity index (χ2n) is 2.99. The van der Waals surface area contributed by atoms with E-state index in [4.69, 9.17) is 5.73 Å². The molecule has 0 radical (unpaired) electrons. The first-order chi connectivity index (χ1) is 7.68. The van der Waals surface area contributed by atoms with Gasteiger partial charge in [-0.15, -0.1) is 0 Å². The van der Waals surface area contributed by atoms with Crippen LogP contribution in [-0.4, -0.2) is 9.97 Å². The SMILES string of the molecule is Nc1ccccc1Sc1nc[nH]c(=O)c1Br. The molecule has 0 atom stereocenters. The van der Waals surface area contributed by atoms with Crippen LogP contribution in [0.3, 0.4) is 0 Å². The predicted octanol–water partition coefficient (Wildman–Crippen LogP) is 2.27. The second-order valence-corrected chi connectivity index (χ2v) is 4.81. The number of anilines is 1. The van der Waals surface area contributed by atoms with Crippen molar-refractivity contribution in [3.8, 4) is 0 Å². The van der Waals surface area contributed by atoms with Gasteiger partial charge in [0.2, 0.25) is 0 Å². The summed E-state index contributed by atoms with van der Waals surface area (Å²) in [6, 6.07) is 7.44. The lowest BCUT2D eigenvalue weighted by molar-refractivity contribution is 0.990. The van der Waals surface area contributed by atoms with Crippen molar-refractivity contribution in [1.29, 1.82) is 0 Å². The third kappa shape index (κ3) is 2.28. The third-order valence-corrected chi connectivity index (χ3v) is 3.98. The highest BCUT2D eigenvalue weighted by molar-refractivity contribution is 9.10. The molecule has 0 amide bonds. The highest BCUT2D eigenvalue weighted by Crippen LogP contribution is 2.32. The van der Waals surface area contributed by atoms with Crippen molar-refractivity contribution in [2.45, 2.75) is 9.92 Å². The fourth-order valence-corrected chi connectivity index (χ4v) is 2.40. The molecule has 4 nitrogen and oxygen atoms in total. The Balaban J connectivity index is 2.38. The van der Waals surface area contributed by atoms with Crippen LogP contribution in [0.2, 0.25) is 0 Å². The molecule has 3 N–H and O–H groups in total. The number of nitrogens with one attached hydrogen (secondary N) is 1. The lowest BCUT2D eigenvalue weighted by Crippen LogP contribution is -2.07. The summed E-state index contributed by atoms with van der Waals surface area (Å²) in [4.78, 5) is 18.8. The number of hydrogen-bond donors (Lipinski definition) is 2. The normalized spacial score (nSPS) is 10.3. The van der Waals surface area contributed by atoms with E-state index in [-0.39, 0.29) is 5.56 Å². The van der Waals surface area contributed by atoms with E-state index in [0.717, 1.165) is 4.90 Å². The largest absolute Gasteiger partial charge is 0.398 e. The minimum absolute atomic E-state index is 0.202. The van der Waals surface area contributed by atoms with Gasteiger partial charge in [0.1, 0.15) is 9.50 Å². The molecule has 0 aliphatic rings. The van der Waals surface area contributed by atoms with Crippen LogP contribution in [-0.2, 0) is 0 Å². The Hall–Kier alpha value is -1.27. The molecule has 1 heterocycles. The van der Waals surface area contributed by atoms with Crippen LogP contribution in [0.1, 0.15) is 0 Å². The Morgan fingerprint density at radius 3 is 2.88 bits per heavy atom. The second kappa shape index (κ2) is 4.71. The summed E-state index contributed by atoms with van der Waals surface area (Å²) >= 11 is 4.55. The first-order valence-corrected chi connectivity index (χ1v) is 6.05. The molecule has 0 bridgehead atoms. The lowest BCUT2D eigenvalue weighted by Gasteiger charge is -2.04. The summed E-state index contributed by atoms with van der Waals surface area (Å²) in [6.07, 6.45) is 1.37. The number of halogens is 1. The summed E-state index contributed by atoms with van der Waals surface area (Å²) in [6.45, 7) is 0. The number of aromatic nitrogens is 2. The zero-order valence-electron chi connectivity index (χ0n) is 8.11. The van der Waals surface area contributed by atoms with Crippen molar-refractivity contribution >= 4 is 33.4 Å². The molecule has 0 aliphatic heterocycles. The van der Waals surface area contributed by atoms with Crippen molar-refractivity contribution in [3.63, 3.8) is 0 Å². The van der Waals surface area contributed by atoms with Crippen LogP contribution < -0.4 is 11.3 Å². The highest BCUT2D eigenvalue weighted by Gasteiger charge is 2.08. The van der Waals surface area contributed by atoms with E-state index in [9.17, 15) is 4.79 Å². The van der Waals surface area contributed by atoms with E-state index in [2.05, 4.69) is 25.9 Å². The monoisotopic (exact) mass is 297 g/mol. The number of nitrogens with zero attached hydrogens (tertiary/aromatic N) is 1. The molecule has 6 heteroatoms. The molecule has 1 aromatic heterocycles. The van der Waals surface area contributed by atoms with Gasteiger partial charge < -0.3 is 10.7 Å². The van der Waals surface area contributed by atoms with Crippen LogP contribution in [0.5, 0.6) is 0 Å². The molecule has 16 heavy (non-hydrogen) atoms. The Labute approximate surface area is 104 Å². The molecule has 0 spiro atoms. The fourth-order valence-electron chi connectivity index (χ4n) is 1.12. The average molecular weight is 298 g/mol. The molecule has 1 aromatic carbocycles. The summed E-state index contributed by atoms with van der Waals surface area (Å²) in [7, 11) is 0. The number of rotatable bonds is 2. The van der Waals surface area contributed by atoms with E-state index in [1.807, 2.05) is 24.3 Å². The number of H-pyrrole nitrogens is 1. The Morgan fingerprint density at radius 1 is 1.38 bits per heavy atom. The van der Waals surface area contributed by atoms with E-state index >= 15 is 0 Å². The molecule has 2 aromatic rings. The van der Waals surface area contributed by atoms with Gasteiger partial charge in [-0.3, -0.25) is 4.79 Å². The van der Waals surface area contributed by atoms with Crippen molar-refractivity contribution in [3.05, 3.63) is 45.4 Å². The summed E-state index contributed by atoms with van der Waals surface area (Å²) in [5.74, 6) is 0. The number of hydrogen-bond acceptors (Lipinski definition) is 4. The standard InChI is InChI=1S/C10H8BrN3OS/c11-8-9(15)13-5-14-10(8)16-7-4-2-1-3-6(7)12/h1-5H,12H2,(H,13,14,15). The first-order valence-electron chi connectivity index (χ1n) is 4.44. The Bertz CT molecular complexity index is 570. The van der Waals surface area contributed by atoms with Crippen LogP contribution >= 0.6 is 27.7 Å². The first kappa shape index (κ1) is 11.2. The van der Waals surface area contributed by atoms with Gasteiger partial charge in [-0.05, 0) is 28.1 Å². The van der Waals surface area contributed by atoms with Crippen molar-refractivity contribution in [2.75, 3.05) is 5.73 Å². The molecule has 2 rings (SSSR count). The van der Waals surface area contributed by atoms with Crippen LogP contribution in [0.25, 0.3) is 0 Å². The van der Waals surface area contributed by atoms with Gasteiger partial charge in [-0.25, -0.2) is 4.98 Å². The lowest BCUT2D eigenvalue weighted by atomic mass is 10.3. The zero-order valence-corrected chi connectivity index (χ0v) is 10.5. The van der Waals surface area contributed by atoms with Gasteiger partial charge >= 0.3 is 0 Å². The van der Waals surface area contributed by atoms with Gasteiger partial charge in [-0.2, -0.15) is 0 Å². The Kier molecular flexibility index (Phi) is 3.31. The minimum atomic E-state index is -0.202. The maximum absolute atomic E-state index is 11.3. The smallest absolute Gasteiger partial charge is 0.266 e. The van der Waals surface area contributed by atoms with Crippen molar-refractivity contribution < 1.29 is 0 Å². The maximum Gasteiger partial charge on any atom is 0.266 e. The molecular formula is C10H8BrN3OS. The van der Waals surface area contributed by atoms with Crippen molar-refractivity contribution in [1.82, 2.24) is 9.97 Å². The third-order valence-electron chi connectivity index (χ3n) is 1.89. The molecule has 0 unspecified atom stereocenters. The maximum atomic E-state index is 11.3.